The zero-order valence-electron chi connectivity index (χ0n) is 33.9. The number of hydrogen-bond donors (Lipinski definition) is 5. The van der Waals surface area contributed by atoms with Gasteiger partial charge in [-0.05, 0) is 63.5 Å². The number of alkyl carbamates (subject to hydrolysis) is 1. The van der Waals surface area contributed by atoms with Crippen LogP contribution in [0.25, 0.3) is 0 Å². The standard InChI is InChI=1S/C43H53NO14/c1-22-26(55-37(51)32(48)30(24-15-11-9-12-16-24)44-38(52)58-39(3,4)5)20-43(53)35(56-36(50)25-17-13-10-14-18-25)33-41(8,34(49)31(47)29(22)40(43,6)7)27(46)19-28-42(33,21-54-28)57-23(2)45/h9-18,26-28,30-33,35,46-48,53H,19-21H2,1-8H3,(H,44,52)/t26?,27-,28?,30-,31+,32?,33?,35?,41+,42?,43+/m0/s1. The number of hydrogen-bond acceptors (Lipinski definition) is 14. The first-order valence-electron chi connectivity index (χ1n) is 19.3. The van der Waals surface area contributed by atoms with Crippen LogP contribution in [0.1, 0.15) is 90.2 Å². The molecule has 0 radical (unpaired) electrons. The van der Waals surface area contributed by atoms with E-state index >= 15 is 0 Å². The highest BCUT2D eigenvalue weighted by molar-refractivity contribution is 5.94. The van der Waals surface area contributed by atoms with Crippen molar-refractivity contribution in [2.24, 2.45) is 16.7 Å². The summed E-state index contributed by atoms with van der Waals surface area (Å²) in [6, 6.07) is 14.6. The van der Waals surface area contributed by atoms with Gasteiger partial charge < -0.3 is 49.4 Å². The van der Waals surface area contributed by atoms with Gasteiger partial charge in [-0.25, -0.2) is 14.4 Å². The van der Waals surface area contributed by atoms with Crippen LogP contribution in [-0.2, 0) is 38.1 Å². The van der Waals surface area contributed by atoms with Crippen molar-refractivity contribution in [2.75, 3.05) is 6.61 Å². The van der Waals surface area contributed by atoms with Gasteiger partial charge in [-0.15, -0.1) is 0 Å². The van der Waals surface area contributed by atoms with Crippen molar-refractivity contribution in [2.45, 2.75) is 128 Å². The molecule has 1 aliphatic heterocycles. The van der Waals surface area contributed by atoms with Gasteiger partial charge in [0.2, 0.25) is 0 Å². The Bertz CT molecular complexity index is 1980. The van der Waals surface area contributed by atoms with E-state index in [0.29, 0.717) is 5.56 Å². The highest BCUT2D eigenvalue weighted by Crippen LogP contribution is 2.64. The van der Waals surface area contributed by atoms with Gasteiger partial charge in [-0.2, -0.15) is 0 Å². The SMILES string of the molecule is CC(=O)OC12COC1C[C@H](O)[C@@]1(C)C(=O)[C@H](O)C3=C(C)C(OC(=O)C(O)[C@@H](NC(=O)OC(C)(C)C)c4ccccc4)C[C@@](O)(C(OC(=O)c4ccccc4)C21)C3(C)C. The molecule has 15 heteroatoms. The molecule has 6 rings (SSSR count). The quantitative estimate of drug-likeness (QED) is 0.147. The summed E-state index contributed by atoms with van der Waals surface area (Å²) in [6.45, 7) is 11.8. The highest BCUT2D eigenvalue weighted by atomic mass is 16.6. The summed E-state index contributed by atoms with van der Waals surface area (Å²) >= 11 is 0. The molecule has 5 N–H and O–H groups in total. The second-order valence-corrected chi connectivity index (χ2v) is 17.6. The Kier molecular flexibility index (Phi) is 11.2. The molecular formula is C43H53NO14. The number of carbonyl (C=O) groups is 5. The number of ketones is 1. The maximum atomic E-state index is 14.9. The van der Waals surface area contributed by atoms with Crippen LogP contribution < -0.4 is 5.32 Å². The van der Waals surface area contributed by atoms with Crippen LogP contribution in [0, 0.1) is 16.7 Å². The molecule has 1 amide bonds. The molecule has 58 heavy (non-hydrogen) atoms. The molecule has 0 spiro atoms. The molecule has 0 aromatic heterocycles. The fourth-order valence-corrected chi connectivity index (χ4v) is 9.56. The van der Waals surface area contributed by atoms with E-state index in [1.54, 1.807) is 83.1 Å². The molecule has 15 nitrogen and oxygen atoms in total. The predicted molar refractivity (Wildman–Crippen MR) is 204 cm³/mol. The summed E-state index contributed by atoms with van der Waals surface area (Å²) in [5.41, 5.74) is -8.14. The minimum absolute atomic E-state index is 0.0637. The molecule has 3 fully saturated rings. The highest BCUT2D eigenvalue weighted by Gasteiger charge is 2.78. The maximum absolute atomic E-state index is 14.9. The molecule has 2 bridgehead atoms. The lowest BCUT2D eigenvalue weighted by molar-refractivity contribution is -0.346. The summed E-state index contributed by atoms with van der Waals surface area (Å²) in [7, 11) is 0. The fourth-order valence-electron chi connectivity index (χ4n) is 9.56. The first-order valence-corrected chi connectivity index (χ1v) is 19.3. The van der Waals surface area contributed by atoms with E-state index in [2.05, 4.69) is 5.32 Å². The van der Waals surface area contributed by atoms with Crippen LogP contribution in [-0.4, -0.2) is 110 Å². The van der Waals surface area contributed by atoms with Crippen LogP contribution in [0.5, 0.6) is 0 Å². The average Bonchev–Trinajstić information content (AvgIpc) is 3.14. The van der Waals surface area contributed by atoms with Crippen LogP contribution >= 0.6 is 0 Å². The lowest BCUT2D eigenvalue weighted by Crippen LogP contribution is -2.81. The van der Waals surface area contributed by atoms with Crippen molar-refractivity contribution < 1.29 is 68.1 Å². The van der Waals surface area contributed by atoms with Gasteiger partial charge in [0, 0.05) is 25.2 Å². The number of ether oxygens (including phenoxy) is 5. The first kappa shape index (κ1) is 42.9. The zero-order valence-corrected chi connectivity index (χ0v) is 33.9. The summed E-state index contributed by atoms with van der Waals surface area (Å²) in [5.74, 6) is -5.36. The van der Waals surface area contributed by atoms with Crippen molar-refractivity contribution in [1.82, 2.24) is 5.32 Å². The number of aliphatic hydroxyl groups excluding tert-OH is 3. The van der Waals surface area contributed by atoms with Gasteiger partial charge in [0.25, 0.3) is 0 Å². The summed E-state index contributed by atoms with van der Waals surface area (Å²) in [5, 5.41) is 51.6. The van der Waals surface area contributed by atoms with Crippen LogP contribution in [0.3, 0.4) is 0 Å². The minimum Gasteiger partial charge on any atom is -0.456 e. The van der Waals surface area contributed by atoms with Crippen LogP contribution in [0.15, 0.2) is 71.8 Å². The van der Waals surface area contributed by atoms with Crippen molar-refractivity contribution in [1.29, 1.82) is 0 Å². The van der Waals surface area contributed by atoms with E-state index in [9.17, 15) is 44.4 Å². The van der Waals surface area contributed by atoms with Gasteiger partial charge in [-0.1, -0.05) is 62.4 Å². The maximum Gasteiger partial charge on any atom is 0.408 e. The van der Waals surface area contributed by atoms with E-state index in [-0.39, 0.29) is 29.7 Å². The number of Topliss-reactive ketones (excluding diaryl/α,β-unsaturated/α-hetero) is 1. The van der Waals surface area contributed by atoms with E-state index in [0.717, 1.165) is 6.92 Å². The molecule has 1 saturated heterocycles. The second-order valence-electron chi connectivity index (χ2n) is 17.6. The number of fused-ring (bicyclic) bond motifs is 5. The third-order valence-corrected chi connectivity index (χ3v) is 12.6. The van der Waals surface area contributed by atoms with E-state index in [1.165, 1.54) is 26.0 Å². The topological polar surface area (TPSA) is 224 Å². The predicted octanol–water partition coefficient (Wildman–Crippen LogP) is 3.26. The summed E-state index contributed by atoms with van der Waals surface area (Å²) in [6.07, 6.45) is -11.5. The monoisotopic (exact) mass is 807 g/mol. The van der Waals surface area contributed by atoms with Crippen LogP contribution in [0.2, 0.25) is 0 Å². The molecule has 6 unspecified atom stereocenters. The average molecular weight is 808 g/mol. The van der Waals surface area contributed by atoms with Crippen molar-refractivity contribution in [3.05, 3.63) is 82.9 Å². The van der Waals surface area contributed by atoms with E-state index < -0.39 is 112 Å². The molecule has 4 aliphatic rings. The van der Waals surface area contributed by atoms with Crippen molar-refractivity contribution in [3.8, 4) is 0 Å². The van der Waals surface area contributed by atoms with Gasteiger partial charge in [0.1, 0.15) is 35.6 Å². The van der Waals surface area contributed by atoms with E-state index in [1.807, 2.05) is 0 Å². The summed E-state index contributed by atoms with van der Waals surface area (Å²) in [4.78, 5) is 68.9. The smallest absolute Gasteiger partial charge is 0.408 e. The first-order chi connectivity index (χ1) is 27.0. The molecular weight excluding hydrogens is 754 g/mol. The van der Waals surface area contributed by atoms with Crippen molar-refractivity contribution >= 4 is 29.8 Å². The number of nitrogens with one attached hydrogen (secondary N) is 1. The molecule has 2 aromatic carbocycles. The molecule has 2 aromatic rings. The van der Waals surface area contributed by atoms with Gasteiger partial charge >= 0.3 is 24.0 Å². The number of aliphatic hydroxyl groups is 4. The molecule has 314 valence electrons. The number of carbonyl (C=O) groups excluding carboxylic acids is 5. The van der Waals surface area contributed by atoms with Gasteiger partial charge in [0.05, 0.1) is 35.6 Å². The number of esters is 3. The molecule has 1 heterocycles. The lowest BCUT2D eigenvalue weighted by atomic mass is 9.44. The molecule has 11 atom stereocenters. The third-order valence-electron chi connectivity index (χ3n) is 12.6. The normalized spacial score (nSPS) is 33.7. The van der Waals surface area contributed by atoms with Gasteiger partial charge in [0.15, 0.2) is 17.5 Å². The van der Waals surface area contributed by atoms with Gasteiger partial charge in [-0.3, -0.25) is 9.59 Å². The Hall–Kier alpha value is -4.67. The summed E-state index contributed by atoms with van der Waals surface area (Å²) < 4.78 is 29.5. The Labute approximate surface area is 336 Å². The lowest BCUT2D eigenvalue weighted by Gasteiger charge is -2.67. The van der Waals surface area contributed by atoms with Crippen molar-refractivity contribution in [3.63, 3.8) is 0 Å². The van der Waals surface area contributed by atoms with E-state index in [4.69, 9.17) is 23.7 Å². The van der Waals surface area contributed by atoms with Crippen LogP contribution in [0.4, 0.5) is 4.79 Å². The largest absolute Gasteiger partial charge is 0.456 e. The number of rotatable bonds is 8. The molecule has 2 saturated carbocycles. The molecule has 3 aliphatic carbocycles. The Morgan fingerprint density at radius 3 is 2.10 bits per heavy atom. The minimum atomic E-state index is -2.35. The Morgan fingerprint density at radius 1 is 0.948 bits per heavy atom. The Balaban J connectivity index is 1.49. The Morgan fingerprint density at radius 2 is 1.55 bits per heavy atom. The third kappa shape index (κ3) is 7.10. The zero-order chi connectivity index (χ0) is 42.7. The second kappa shape index (κ2) is 15.2. The number of amides is 1. The fraction of sp³-hybridized carbons (Fsp3) is 0.558. The number of benzene rings is 2.